The number of nitrogens with one attached hydrogen (secondary N) is 2. The second-order valence-corrected chi connectivity index (χ2v) is 8.97. The van der Waals surface area contributed by atoms with Crippen molar-refractivity contribution in [3.63, 3.8) is 0 Å². The van der Waals surface area contributed by atoms with Gasteiger partial charge < -0.3 is 15.0 Å². The molecule has 33 heavy (non-hydrogen) atoms. The summed E-state index contributed by atoms with van der Waals surface area (Å²) in [6, 6.07) is 5.22. The molecule has 1 aliphatic heterocycles. The minimum absolute atomic E-state index is 0.438. The average Bonchev–Trinajstić information content (AvgIpc) is 3.60. The predicted octanol–water partition coefficient (Wildman–Crippen LogP) is 3.67. The zero-order valence-electron chi connectivity index (χ0n) is 18.6. The highest BCUT2D eigenvalue weighted by Gasteiger charge is 2.31. The summed E-state index contributed by atoms with van der Waals surface area (Å²) < 4.78 is 2.01. The van der Waals surface area contributed by atoms with Gasteiger partial charge in [0, 0.05) is 55.5 Å². The van der Waals surface area contributed by atoms with Gasteiger partial charge >= 0.3 is 0 Å². The van der Waals surface area contributed by atoms with Crippen LogP contribution in [0.2, 0.25) is 0 Å². The Bertz CT molecular complexity index is 1260. The third-order valence-electron chi connectivity index (χ3n) is 6.55. The molecule has 4 aromatic rings. The number of rotatable bonds is 6. The van der Waals surface area contributed by atoms with Gasteiger partial charge in [0.2, 0.25) is 5.95 Å². The van der Waals surface area contributed by atoms with Crippen molar-refractivity contribution in [1.82, 2.24) is 34.2 Å². The van der Waals surface area contributed by atoms with Gasteiger partial charge in [0.1, 0.15) is 17.7 Å². The number of fused-ring (bicyclic) bond motifs is 1. The van der Waals surface area contributed by atoms with Gasteiger partial charge in [-0.1, -0.05) is 0 Å². The molecule has 1 saturated carbocycles. The Kier molecular flexibility index (Phi) is 5.10. The monoisotopic (exact) mass is 441 g/mol. The average molecular weight is 442 g/mol. The fraction of sp³-hybridized carbons (Fsp3) is 0.375. The zero-order chi connectivity index (χ0) is 22.2. The lowest BCUT2D eigenvalue weighted by molar-refractivity contribution is 0.286. The Hall–Kier alpha value is -3.59. The van der Waals surface area contributed by atoms with Gasteiger partial charge in [-0.05, 0) is 44.2 Å². The van der Waals surface area contributed by atoms with Gasteiger partial charge in [-0.15, -0.1) is 0 Å². The summed E-state index contributed by atoms with van der Waals surface area (Å²) in [4.78, 5) is 24.9. The van der Waals surface area contributed by atoms with Crippen LogP contribution in [0.15, 0.2) is 49.4 Å². The van der Waals surface area contributed by atoms with Crippen LogP contribution in [0.1, 0.15) is 31.2 Å². The maximum absolute atomic E-state index is 4.85. The van der Waals surface area contributed by atoms with Crippen molar-refractivity contribution in [3.8, 4) is 11.4 Å². The largest absolute Gasteiger partial charge is 0.353 e. The number of imidazole rings is 1. The van der Waals surface area contributed by atoms with E-state index in [2.05, 4.69) is 30.5 Å². The third kappa shape index (κ3) is 4.36. The molecule has 1 saturated heterocycles. The van der Waals surface area contributed by atoms with Crippen LogP contribution >= 0.6 is 0 Å². The molecule has 168 valence electrons. The van der Waals surface area contributed by atoms with E-state index in [1.165, 1.54) is 45.1 Å². The van der Waals surface area contributed by atoms with E-state index in [4.69, 9.17) is 9.97 Å². The maximum atomic E-state index is 4.85. The van der Waals surface area contributed by atoms with Gasteiger partial charge in [-0.3, -0.25) is 4.90 Å². The fourth-order valence-electron chi connectivity index (χ4n) is 4.67. The van der Waals surface area contributed by atoms with E-state index in [9.17, 15) is 0 Å². The first kappa shape index (κ1) is 20.0. The maximum Gasteiger partial charge on any atom is 0.223 e. The second-order valence-electron chi connectivity index (χ2n) is 8.97. The summed E-state index contributed by atoms with van der Waals surface area (Å²) in [6.07, 6.45) is 15.7. The molecule has 2 aliphatic rings. The Morgan fingerprint density at radius 2 is 1.79 bits per heavy atom. The van der Waals surface area contributed by atoms with E-state index < -0.39 is 0 Å². The molecule has 0 amide bonds. The van der Waals surface area contributed by atoms with Gasteiger partial charge in [0.05, 0.1) is 23.8 Å². The van der Waals surface area contributed by atoms with Gasteiger partial charge in [0.25, 0.3) is 0 Å². The fourth-order valence-corrected chi connectivity index (χ4v) is 4.67. The quantitative estimate of drug-likeness (QED) is 0.438. The van der Waals surface area contributed by atoms with Gasteiger partial charge in [-0.25, -0.2) is 24.9 Å². The lowest BCUT2D eigenvalue weighted by atomic mass is 9.91. The molecule has 9 heteroatoms. The van der Waals surface area contributed by atoms with E-state index in [-0.39, 0.29) is 0 Å². The number of pyridine rings is 1. The molecule has 2 N–H and O–H groups in total. The van der Waals surface area contributed by atoms with Crippen LogP contribution in [-0.2, 0) is 0 Å². The molecule has 0 unspecified atom stereocenters. The zero-order valence-corrected chi connectivity index (χ0v) is 18.6. The second kappa shape index (κ2) is 8.40. The first-order valence-electron chi connectivity index (χ1n) is 11.6. The Balaban J connectivity index is 1.20. The molecule has 1 aliphatic carbocycles. The summed E-state index contributed by atoms with van der Waals surface area (Å²) in [5.74, 6) is 0.689. The molecule has 0 aromatic carbocycles. The highest BCUT2D eigenvalue weighted by atomic mass is 15.3. The van der Waals surface area contributed by atoms with Crippen molar-refractivity contribution < 1.29 is 0 Å². The molecule has 9 nitrogen and oxygen atoms in total. The van der Waals surface area contributed by atoms with Crippen LogP contribution in [0.3, 0.4) is 0 Å². The molecule has 5 heterocycles. The van der Waals surface area contributed by atoms with E-state index >= 15 is 0 Å². The Morgan fingerprint density at radius 3 is 2.58 bits per heavy atom. The van der Waals surface area contributed by atoms with Crippen molar-refractivity contribution >= 4 is 23.0 Å². The molecule has 0 bridgehead atoms. The summed E-state index contributed by atoms with van der Waals surface area (Å²) in [6.45, 7) is 4.59. The molecular weight excluding hydrogens is 414 g/mol. The lowest BCUT2D eigenvalue weighted by Crippen LogP contribution is -2.32. The minimum atomic E-state index is 0.438. The number of anilines is 3. The Labute approximate surface area is 192 Å². The Morgan fingerprint density at radius 1 is 0.970 bits per heavy atom. The highest BCUT2D eigenvalue weighted by molar-refractivity contribution is 5.67. The van der Waals surface area contributed by atoms with Crippen LogP contribution < -0.4 is 10.6 Å². The SMILES string of the molecule is Cc1cnc(NC2CCC(N3CC3)CC2)nc1-c1cn2ccc(Nc3cncnc3)cc2n1. The van der Waals surface area contributed by atoms with Crippen LogP contribution in [-0.4, -0.2) is 59.4 Å². The van der Waals surface area contributed by atoms with Crippen molar-refractivity contribution in [2.45, 2.75) is 44.7 Å². The summed E-state index contributed by atoms with van der Waals surface area (Å²) in [5, 5.41) is 6.88. The first-order chi connectivity index (χ1) is 16.2. The molecule has 0 radical (unpaired) electrons. The topological polar surface area (TPSA) is 95.9 Å². The summed E-state index contributed by atoms with van der Waals surface area (Å²) >= 11 is 0. The molecule has 2 fully saturated rings. The van der Waals surface area contributed by atoms with E-state index in [0.29, 0.717) is 12.0 Å². The molecule has 4 aromatic heterocycles. The first-order valence-corrected chi connectivity index (χ1v) is 11.6. The van der Waals surface area contributed by atoms with Crippen molar-refractivity contribution in [3.05, 3.63) is 55.0 Å². The number of nitrogens with zero attached hydrogens (tertiary/aromatic N) is 7. The molecular formula is C24H27N9. The van der Waals surface area contributed by atoms with Crippen LogP contribution in [0, 0.1) is 6.92 Å². The van der Waals surface area contributed by atoms with Crippen molar-refractivity contribution in [1.29, 1.82) is 0 Å². The van der Waals surface area contributed by atoms with Crippen LogP contribution in [0.4, 0.5) is 17.3 Å². The molecule has 0 atom stereocenters. The normalized spacial score (nSPS) is 20.6. The number of aromatic nitrogens is 6. The number of aryl methyl sites for hydroxylation is 1. The van der Waals surface area contributed by atoms with Crippen molar-refractivity contribution in [2.75, 3.05) is 23.7 Å². The number of hydrogen-bond donors (Lipinski definition) is 2. The van der Waals surface area contributed by atoms with E-state index in [1.807, 2.05) is 42.0 Å². The minimum Gasteiger partial charge on any atom is -0.353 e. The van der Waals surface area contributed by atoms with Gasteiger partial charge in [-0.2, -0.15) is 0 Å². The predicted molar refractivity (Wildman–Crippen MR) is 128 cm³/mol. The standard InChI is InChI=1S/C24H27N9/c1-16-11-27-24(29-17-2-4-20(5-3-17)32-8-9-32)31-23(16)21-14-33-7-6-18(10-22(33)30-21)28-19-12-25-15-26-13-19/h6-7,10-15,17,20,28H,2-5,8-9H2,1H3,(H,27,29,31). The molecule has 6 rings (SSSR count). The third-order valence-corrected chi connectivity index (χ3v) is 6.55. The smallest absolute Gasteiger partial charge is 0.223 e. The van der Waals surface area contributed by atoms with Crippen LogP contribution in [0.5, 0.6) is 0 Å². The summed E-state index contributed by atoms with van der Waals surface area (Å²) in [5.41, 5.74) is 5.30. The highest BCUT2D eigenvalue weighted by Crippen LogP contribution is 2.29. The van der Waals surface area contributed by atoms with Gasteiger partial charge in [0.15, 0.2) is 0 Å². The van der Waals surface area contributed by atoms with E-state index in [1.54, 1.807) is 12.4 Å². The van der Waals surface area contributed by atoms with Crippen molar-refractivity contribution in [2.24, 2.45) is 0 Å². The number of hydrogen-bond acceptors (Lipinski definition) is 8. The van der Waals surface area contributed by atoms with E-state index in [0.717, 1.165) is 40.0 Å². The lowest BCUT2D eigenvalue weighted by Gasteiger charge is -2.29. The molecule has 0 spiro atoms. The van der Waals surface area contributed by atoms with Crippen LogP contribution in [0.25, 0.3) is 17.0 Å². The summed E-state index contributed by atoms with van der Waals surface area (Å²) in [7, 11) is 0.